The summed E-state index contributed by atoms with van der Waals surface area (Å²) in [4.78, 5) is 47.7. The molecule has 2 atom stereocenters. The Labute approximate surface area is 233 Å². The molecule has 10 heteroatoms. The molecule has 6 rings (SSSR count). The molecule has 0 bridgehead atoms. The molecule has 2 aliphatic heterocycles. The Bertz CT molecular complexity index is 1450. The summed E-state index contributed by atoms with van der Waals surface area (Å²) in [6.07, 6.45) is 9.30. The molecule has 3 fully saturated rings. The summed E-state index contributed by atoms with van der Waals surface area (Å²) in [6.45, 7) is 1.75. The fraction of sp³-hybridized carbons (Fsp3) is 0.533. The molecule has 10 nitrogen and oxygen atoms in total. The molecule has 212 valence electrons. The van der Waals surface area contributed by atoms with E-state index in [1.165, 1.54) is 10.9 Å². The van der Waals surface area contributed by atoms with Gasteiger partial charge in [-0.3, -0.25) is 19.0 Å². The van der Waals surface area contributed by atoms with Crippen molar-refractivity contribution < 1.29 is 19.4 Å². The Morgan fingerprint density at radius 2 is 1.80 bits per heavy atom. The molecule has 4 heterocycles. The summed E-state index contributed by atoms with van der Waals surface area (Å²) < 4.78 is 8.57. The van der Waals surface area contributed by atoms with Gasteiger partial charge in [0, 0.05) is 44.0 Å². The van der Waals surface area contributed by atoms with Crippen LogP contribution in [0.25, 0.3) is 16.7 Å². The molecule has 3 aromatic rings. The van der Waals surface area contributed by atoms with Crippen molar-refractivity contribution >= 4 is 22.8 Å². The first-order chi connectivity index (χ1) is 19.4. The summed E-state index contributed by atoms with van der Waals surface area (Å²) in [5, 5.41) is 11.9. The summed E-state index contributed by atoms with van der Waals surface area (Å²) in [6, 6.07) is 9.27. The maximum atomic E-state index is 13.6. The van der Waals surface area contributed by atoms with Crippen LogP contribution in [0.5, 0.6) is 5.75 Å². The number of aliphatic hydroxyl groups is 1. The van der Waals surface area contributed by atoms with Gasteiger partial charge in [0.15, 0.2) is 5.65 Å². The van der Waals surface area contributed by atoms with Gasteiger partial charge >= 0.3 is 0 Å². The van der Waals surface area contributed by atoms with Crippen LogP contribution < -0.4 is 10.3 Å². The topological polar surface area (TPSA) is 110 Å². The SMILES string of the molecule is COc1ccc(-n2ccc3c(=O)n(CC4(O)CCN(C(=O)[C@@H]5CCCC[C@H]5N5CCCC5=O)CC4)cnc32)cc1. The lowest BCUT2D eigenvalue weighted by Gasteiger charge is -2.43. The molecule has 2 amide bonds. The van der Waals surface area contributed by atoms with Crippen LogP contribution in [0.15, 0.2) is 47.7 Å². The standard InChI is InChI=1S/C30H37N5O5/c1-40-22-10-8-21(9-11-22)34-16-12-24-27(34)31-20-33(29(24)38)19-30(39)13-17-32(18-14-30)28(37)23-5-2-3-6-25(23)35-15-4-7-26(35)36/h8-12,16,20,23,25,39H,2-7,13-15,17-19H2,1H3/t23-,25-/m1/s1. The molecule has 0 radical (unpaired) electrons. The highest BCUT2D eigenvalue weighted by molar-refractivity contribution is 5.83. The number of methoxy groups -OCH3 is 1. The van der Waals surface area contributed by atoms with Gasteiger partial charge in [0.2, 0.25) is 11.8 Å². The van der Waals surface area contributed by atoms with Crippen LogP contribution in [0.2, 0.25) is 0 Å². The number of rotatable bonds is 6. The van der Waals surface area contributed by atoms with Crippen molar-refractivity contribution in [2.75, 3.05) is 26.7 Å². The smallest absolute Gasteiger partial charge is 0.262 e. The Morgan fingerprint density at radius 1 is 1.05 bits per heavy atom. The minimum absolute atomic E-state index is 0.00124. The van der Waals surface area contributed by atoms with E-state index in [1.54, 1.807) is 13.2 Å². The van der Waals surface area contributed by atoms with Crippen molar-refractivity contribution in [3.05, 3.63) is 53.2 Å². The fourth-order valence-electron chi connectivity index (χ4n) is 6.76. The third-order valence-electron chi connectivity index (χ3n) is 9.05. The Balaban J connectivity index is 1.13. The molecule has 0 spiro atoms. The number of hydrogen-bond donors (Lipinski definition) is 1. The minimum atomic E-state index is -1.11. The minimum Gasteiger partial charge on any atom is -0.497 e. The van der Waals surface area contributed by atoms with Gasteiger partial charge in [-0.1, -0.05) is 12.8 Å². The van der Waals surface area contributed by atoms with Crippen LogP contribution in [0.3, 0.4) is 0 Å². The van der Waals surface area contributed by atoms with E-state index in [0.717, 1.165) is 50.1 Å². The number of fused-ring (bicyclic) bond motifs is 1. The largest absolute Gasteiger partial charge is 0.497 e. The van der Waals surface area contributed by atoms with E-state index < -0.39 is 5.60 Å². The van der Waals surface area contributed by atoms with Gasteiger partial charge in [-0.2, -0.15) is 0 Å². The van der Waals surface area contributed by atoms with Gasteiger partial charge in [0.25, 0.3) is 5.56 Å². The summed E-state index contributed by atoms with van der Waals surface area (Å²) >= 11 is 0. The Hall–Kier alpha value is -3.66. The lowest BCUT2D eigenvalue weighted by molar-refractivity contribution is -0.145. The van der Waals surface area contributed by atoms with Crippen molar-refractivity contribution in [1.29, 1.82) is 0 Å². The summed E-state index contributed by atoms with van der Waals surface area (Å²) in [5.74, 6) is 0.863. The monoisotopic (exact) mass is 547 g/mol. The van der Waals surface area contributed by atoms with Gasteiger partial charge in [-0.25, -0.2) is 4.98 Å². The predicted molar refractivity (Wildman–Crippen MR) is 149 cm³/mol. The number of carbonyl (C=O) groups is 2. The average Bonchev–Trinajstić information content (AvgIpc) is 3.61. The third-order valence-corrected chi connectivity index (χ3v) is 9.05. The second-order valence-corrected chi connectivity index (χ2v) is 11.5. The van der Waals surface area contributed by atoms with Crippen LogP contribution in [0, 0.1) is 5.92 Å². The quantitative estimate of drug-likeness (QED) is 0.508. The number of ether oxygens (including phenoxy) is 1. The Kier molecular flexibility index (Phi) is 7.12. The number of amides is 2. The number of carbonyl (C=O) groups excluding carboxylic acids is 2. The van der Waals surface area contributed by atoms with E-state index in [9.17, 15) is 19.5 Å². The first kappa shape index (κ1) is 26.6. The number of hydrogen-bond acceptors (Lipinski definition) is 6. The van der Waals surface area contributed by atoms with Crippen molar-refractivity contribution in [3.8, 4) is 11.4 Å². The molecule has 2 aromatic heterocycles. The van der Waals surface area contributed by atoms with E-state index >= 15 is 0 Å². The van der Waals surface area contributed by atoms with E-state index in [-0.39, 0.29) is 35.9 Å². The van der Waals surface area contributed by atoms with E-state index in [2.05, 4.69) is 4.98 Å². The molecule has 2 saturated heterocycles. The molecular formula is C30H37N5O5. The van der Waals surface area contributed by atoms with Crippen LogP contribution in [-0.2, 0) is 16.1 Å². The van der Waals surface area contributed by atoms with E-state index in [0.29, 0.717) is 43.4 Å². The van der Waals surface area contributed by atoms with Gasteiger partial charge in [-0.05, 0) is 62.4 Å². The fourth-order valence-corrected chi connectivity index (χ4v) is 6.76. The average molecular weight is 548 g/mol. The molecule has 1 N–H and O–H groups in total. The number of likely N-dealkylation sites (tertiary alicyclic amines) is 2. The normalized spacial score (nSPS) is 23.1. The number of aromatic nitrogens is 3. The number of benzene rings is 1. The predicted octanol–water partition coefficient (Wildman–Crippen LogP) is 2.73. The van der Waals surface area contributed by atoms with E-state index in [4.69, 9.17) is 4.74 Å². The van der Waals surface area contributed by atoms with Gasteiger partial charge in [0.1, 0.15) is 12.1 Å². The summed E-state index contributed by atoms with van der Waals surface area (Å²) in [5.41, 5.74) is 0.109. The first-order valence-corrected chi connectivity index (χ1v) is 14.4. The second-order valence-electron chi connectivity index (χ2n) is 11.5. The highest BCUT2D eigenvalue weighted by Crippen LogP contribution is 2.34. The van der Waals surface area contributed by atoms with Gasteiger partial charge in [-0.15, -0.1) is 0 Å². The molecule has 1 saturated carbocycles. The zero-order valence-electron chi connectivity index (χ0n) is 23.0. The molecule has 1 aromatic carbocycles. The van der Waals surface area contributed by atoms with Gasteiger partial charge in [0.05, 0.1) is 30.6 Å². The first-order valence-electron chi connectivity index (χ1n) is 14.4. The maximum Gasteiger partial charge on any atom is 0.262 e. The zero-order valence-corrected chi connectivity index (χ0v) is 23.0. The number of nitrogens with zero attached hydrogens (tertiary/aromatic N) is 5. The molecule has 1 aliphatic carbocycles. The van der Waals surface area contributed by atoms with Crippen molar-refractivity contribution in [2.24, 2.45) is 5.92 Å². The van der Waals surface area contributed by atoms with Crippen LogP contribution >= 0.6 is 0 Å². The molecular weight excluding hydrogens is 510 g/mol. The van der Waals surface area contributed by atoms with E-state index in [1.807, 2.05) is 44.8 Å². The van der Waals surface area contributed by atoms with Crippen LogP contribution in [-0.4, -0.2) is 79.2 Å². The number of piperidine rings is 1. The second kappa shape index (κ2) is 10.7. The highest BCUT2D eigenvalue weighted by atomic mass is 16.5. The lowest BCUT2D eigenvalue weighted by Crippen LogP contribution is -2.54. The van der Waals surface area contributed by atoms with Gasteiger partial charge < -0.3 is 24.2 Å². The van der Waals surface area contributed by atoms with Crippen molar-refractivity contribution in [1.82, 2.24) is 23.9 Å². The third kappa shape index (κ3) is 4.89. The lowest BCUT2D eigenvalue weighted by atomic mass is 9.81. The molecule has 40 heavy (non-hydrogen) atoms. The zero-order chi connectivity index (χ0) is 27.9. The van der Waals surface area contributed by atoms with Crippen LogP contribution in [0.1, 0.15) is 51.4 Å². The maximum absolute atomic E-state index is 13.6. The van der Waals surface area contributed by atoms with Crippen molar-refractivity contribution in [2.45, 2.75) is 69.6 Å². The Morgan fingerprint density at radius 3 is 2.50 bits per heavy atom. The van der Waals surface area contributed by atoms with Crippen molar-refractivity contribution in [3.63, 3.8) is 0 Å². The van der Waals surface area contributed by atoms with Crippen LogP contribution in [0.4, 0.5) is 0 Å². The summed E-state index contributed by atoms with van der Waals surface area (Å²) in [7, 11) is 1.62. The molecule has 0 unspecified atom stereocenters. The molecule has 3 aliphatic rings. The highest BCUT2D eigenvalue weighted by Gasteiger charge is 2.42.